The van der Waals surface area contributed by atoms with Crippen LogP contribution in [0.1, 0.15) is 55.2 Å². The number of halogens is 2. The van der Waals surface area contributed by atoms with E-state index in [0.717, 1.165) is 11.5 Å². The molecule has 3 aromatic rings. The molecule has 0 radical (unpaired) electrons. The summed E-state index contributed by atoms with van der Waals surface area (Å²) >= 11 is 0. The molecule has 0 heterocycles. The van der Waals surface area contributed by atoms with E-state index in [4.69, 9.17) is 0 Å². The minimum Gasteiger partial charge on any atom is -0.204 e. The molecule has 0 aromatic heterocycles. The lowest BCUT2D eigenvalue weighted by Crippen LogP contribution is -2.10. The largest absolute Gasteiger partial charge is 0.204 e. The second kappa shape index (κ2) is 7.53. The monoisotopic (exact) mass is 360 g/mol. The van der Waals surface area contributed by atoms with Gasteiger partial charge in [0.15, 0.2) is 11.6 Å². The molecule has 1 aliphatic rings. The Morgan fingerprint density at radius 3 is 2.26 bits per heavy atom. The molecule has 136 valence electrons. The minimum absolute atomic E-state index is 0.636. The molecule has 0 amide bonds. The van der Waals surface area contributed by atoms with E-state index in [1.54, 1.807) is 6.07 Å². The summed E-state index contributed by atoms with van der Waals surface area (Å²) < 4.78 is 27.0. The summed E-state index contributed by atoms with van der Waals surface area (Å²) in [5.41, 5.74) is 3.04. The highest BCUT2D eigenvalue weighted by molar-refractivity contribution is 5.88. The van der Waals surface area contributed by atoms with E-state index in [1.165, 1.54) is 43.4 Å². The third kappa shape index (κ3) is 3.88. The Morgan fingerprint density at radius 2 is 1.52 bits per heavy atom. The molecule has 0 N–H and O–H groups in total. The van der Waals surface area contributed by atoms with Crippen molar-refractivity contribution in [2.24, 2.45) is 5.92 Å². The minimum atomic E-state index is -0.845. The lowest BCUT2D eigenvalue weighted by molar-refractivity contribution is 0.348. The quantitative estimate of drug-likeness (QED) is 0.418. The van der Waals surface area contributed by atoms with Gasteiger partial charge in [-0.1, -0.05) is 55.9 Å². The zero-order chi connectivity index (χ0) is 18.8. The Bertz CT molecular complexity index is 1010. The van der Waals surface area contributed by atoms with Crippen molar-refractivity contribution >= 4 is 10.8 Å². The van der Waals surface area contributed by atoms with E-state index < -0.39 is 11.6 Å². The van der Waals surface area contributed by atoms with Crippen LogP contribution in [0.3, 0.4) is 0 Å². The Morgan fingerprint density at radius 1 is 0.815 bits per heavy atom. The Labute approximate surface area is 159 Å². The average molecular weight is 360 g/mol. The molecular weight excluding hydrogens is 338 g/mol. The highest BCUT2D eigenvalue weighted by Gasteiger charge is 2.19. The Kier molecular flexibility index (Phi) is 4.94. The van der Waals surface area contributed by atoms with Crippen molar-refractivity contribution in [1.82, 2.24) is 0 Å². The number of hydrogen-bond acceptors (Lipinski definition) is 0. The zero-order valence-electron chi connectivity index (χ0n) is 15.4. The molecular formula is C25H22F2. The maximum atomic E-state index is 13.6. The molecule has 0 aliphatic heterocycles. The second-order valence-corrected chi connectivity index (χ2v) is 7.62. The first kappa shape index (κ1) is 17.7. The van der Waals surface area contributed by atoms with Gasteiger partial charge in [-0.25, -0.2) is 8.78 Å². The first-order valence-electron chi connectivity index (χ1n) is 9.60. The summed E-state index contributed by atoms with van der Waals surface area (Å²) in [7, 11) is 0. The standard InChI is InChI=1S/C25H22F2/c1-17-5-10-19(11-6-17)20-12-7-18(8-13-20)9-14-21-3-2-4-22-15-24(26)25(27)16-23(21)22/h2-4,7-8,12-13,15-17,19H,5-6,10-11H2,1H3. The second-order valence-electron chi connectivity index (χ2n) is 7.62. The molecule has 1 saturated carbocycles. The van der Waals surface area contributed by atoms with Crippen LogP contribution in [0.5, 0.6) is 0 Å². The molecule has 3 aromatic carbocycles. The molecule has 0 bridgehead atoms. The highest BCUT2D eigenvalue weighted by Crippen LogP contribution is 2.35. The van der Waals surface area contributed by atoms with Crippen molar-refractivity contribution in [2.45, 2.75) is 38.5 Å². The summed E-state index contributed by atoms with van der Waals surface area (Å²) in [5, 5.41) is 1.29. The van der Waals surface area contributed by atoms with Gasteiger partial charge in [0.1, 0.15) is 0 Å². The van der Waals surface area contributed by atoms with Gasteiger partial charge >= 0.3 is 0 Å². The molecule has 27 heavy (non-hydrogen) atoms. The van der Waals surface area contributed by atoms with Crippen LogP contribution in [0, 0.1) is 29.4 Å². The van der Waals surface area contributed by atoms with Gasteiger partial charge < -0.3 is 0 Å². The highest BCUT2D eigenvalue weighted by atomic mass is 19.2. The summed E-state index contributed by atoms with van der Waals surface area (Å²) in [6, 6.07) is 16.4. The summed E-state index contributed by atoms with van der Waals surface area (Å²) in [4.78, 5) is 0. The van der Waals surface area contributed by atoms with Crippen LogP contribution < -0.4 is 0 Å². The normalized spacial score (nSPS) is 19.5. The number of benzene rings is 3. The lowest BCUT2D eigenvalue weighted by atomic mass is 9.79. The maximum Gasteiger partial charge on any atom is 0.159 e. The van der Waals surface area contributed by atoms with Crippen molar-refractivity contribution in [3.05, 3.63) is 82.9 Å². The van der Waals surface area contributed by atoms with E-state index >= 15 is 0 Å². The van der Waals surface area contributed by atoms with Gasteiger partial charge in [-0.2, -0.15) is 0 Å². The Balaban J connectivity index is 1.58. The molecule has 1 aliphatic carbocycles. The van der Waals surface area contributed by atoms with Gasteiger partial charge in [-0.05, 0) is 66.0 Å². The van der Waals surface area contributed by atoms with E-state index in [2.05, 4.69) is 43.0 Å². The van der Waals surface area contributed by atoms with Gasteiger partial charge in [0.2, 0.25) is 0 Å². The van der Waals surface area contributed by atoms with Crippen LogP contribution in [0.25, 0.3) is 10.8 Å². The molecule has 2 heteroatoms. The predicted molar refractivity (Wildman–Crippen MR) is 107 cm³/mol. The van der Waals surface area contributed by atoms with Gasteiger partial charge in [0, 0.05) is 16.5 Å². The number of fused-ring (bicyclic) bond motifs is 1. The van der Waals surface area contributed by atoms with Gasteiger partial charge in [0.05, 0.1) is 0 Å². The summed E-state index contributed by atoms with van der Waals surface area (Å²) in [5.74, 6) is 6.11. The van der Waals surface area contributed by atoms with E-state index in [0.29, 0.717) is 22.3 Å². The van der Waals surface area contributed by atoms with Crippen molar-refractivity contribution in [3.63, 3.8) is 0 Å². The van der Waals surface area contributed by atoms with Gasteiger partial charge in [-0.3, -0.25) is 0 Å². The molecule has 0 spiro atoms. The average Bonchev–Trinajstić information content (AvgIpc) is 2.68. The first-order chi connectivity index (χ1) is 13.1. The number of rotatable bonds is 1. The molecule has 0 nitrogen and oxygen atoms in total. The predicted octanol–water partition coefficient (Wildman–Crippen LogP) is 6.81. The topological polar surface area (TPSA) is 0 Å². The molecule has 0 atom stereocenters. The fourth-order valence-electron chi connectivity index (χ4n) is 3.95. The van der Waals surface area contributed by atoms with Crippen LogP contribution >= 0.6 is 0 Å². The smallest absolute Gasteiger partial charge is 0.159 e. The molecule has 1 fully saturated rings. The SMILES string of the molecule is CC1CCC(c2ccc(C#Cc3cccc4cc(F)c(F)cc34)cc2)CC1. The van der Waals surface area contributed by atoms with Gasteiger partial charge in [-0.15, -0.1) is 0 Å². The molecule has 0 saturated heterocycles. The molecule has 4 rings (SSSR count). The zero-order valence-corrected chi connectivity index (χ0v) is 15.4. The van der Waals surface area contributed by atoms with E-state index in [-0.39, 0.29) is 0 Å². The fourth-order valence-corrected chi connectivity index (χ4v) is 3.95. The van der Waals surface area contributed by atoms with E-state index in [9.17, 15) is 8.78 Å². The maximum absolute atomic E-state index is 13.6. The first-order valence-corrected chi connectivity index (χ1v) is 9.60. The summed E-state index contributed by atoms with van der Waals surface area (Å²) in [6.07, 6.45) is 5.16. The van der Waals surface area contributed by atoms with Crippen LogP contribution in [0.4, 0.5) is 8.78 Å². The van der Waals surface area contributed by atoms with E-state index in [1.807, 2.05) is 12.1 Å². The van der Waals surface area contributed by atoms with Crippen LogP contribution in [0.15, 0.2) is 54.6 Å². The van der Waals surface area contributed by atoms with Crippen molar-refractivity contribution < 1.29 is 8.78 Å². The van der Waals surface area contributed by atoms with Gasteiger partial charge in [0.25, 0.3) is 0 Å². The molecule has 0 unspecified atom stereocenters. The lowest BCUT2D eigenvalue weighted by Gasteiger charge is -2.26. The van der Waals surface area contributed by atoms with Crippen LogP contribution in [-0.2, 0) is 0 Å². The van der Waals surface area contributed by atoms with Crippen molar-refractivity contribution in [2.75, 3.05) is 0 Å². The van der Waals surface area contributed by atoms with Crippen molar-refractivity contribution in [1.29, 1.82) is 0 Å². The van der Waals surface area contributed by atoms with Crippen LogP contribution in [0.2, 0.25) is 0 Å². The fraction of sp³-hybridized carbons (Fsp3) is 0.280. The Hall–Kier alpha value is -2.66. The van der Waals surface area contributed by atoms with Crippen molar-refractivity contribution in [3.8, 4) is 11.8 Å². The summed E-state index contributed by atoms with van der Waals surface area (Å²) in [6.45, 7) is 2.34. The third-order valence-corrected chi connectivity index (χ3v) is 5.66. The third-order valence-electron chi connectivity index (χ3n) is 5.66. The van der Waals surface area contributed by atoms with Crippen LogP contribution in [-0.4, -0.2) is 0 Å². The number of hydrogen-bond donors (Lipinski definition) is 0.